The van der Waals surface area contributed by atoms with Gasteiger partial charge in [0.15, 0.2) is 5.58 Å². The van der Waals surface area contributed by atoms with Gasteiger partial charge in [0, 0.05) is 21.8 Å². The van der Waals surface area contributed by atoms with Crippen molar-refractivity contribution in [1.82, 2.24) is 4.98 Å². The van der Waals surface area contributed by atoms with Crippen LogP contribution in [0.5, 0.6) is 0 Å². The van der Waals surface area contributed by atoms with Crippen LogP contribution in [-0.4, -0.2) is 4.98 Å². The molecule has 0 saturated carbocycles. The van der Waals surface area contributed by atoms with Gasteiger partial charge in [0.05, 0.1) is 0 Å². The number of oxazole rings is 1. The molecule has 0 unspecified atom stereocenters. The molecule has 0 radical (unpaired) electrons. The molecule has 2 nitrogen and oxygen atoms in total. The molecule has 0 fully saturated rings. The third-order valence-electron chi connectivity index (χ3n) is 1.58. The first kappa shape index (κ1) is 8.08. The molecule has 0 aliphatic heterocycles. The summed E-state index contributed by atoms with van der Waals surface area (Å²) in [6, 6.07) is 5.70. The van der Waals surface area contributed by atoms with Crippen molar-refractivity contribution >= 4 is 38.6 Å². The van der Waals surface area contributed by atoms with E-state index in [0.29, 0.717) is 10.7 Å². The molecule has 0 aliphatic carbocycles. The number of hydrogen-bond acceptors (Lipinski definition) is 2. The average Bonchev–Trinajstić information content (AvgIpc) is 2.43. The predicted octanol–water partition coefficient (Wildman–Crippen LogP) is 3.33. The van der Waals surface area contributed by atoms with E-state index >= 15 is 0 Å². The molecule has 0 spiro atoms. The van der Waals surface area contributed by atoms with Crippen molar-refractivity contribution in [2.75, 3.05) is 0 Å². The summed E-state index contributed by atoms with van der Waals surface area (Å²) in [5, 5.41) is 0. The molecule has 2 rings (SSSR count). The number of fused-ring (bicyclic) bond motifs is 1. The summed E-state index contributed by atoms with van der Waals surface area (Å²) in [6.07, 6.45) is 0. The third kappa shape index (κ3) is 1.34. The summed E-state index contributed by atoms with van der Waals surface area (Å²) < 4.78 is 5.23. The molecule has 0 N–H and O–H groups in total. The van der Waals surface area contributed by atoms with E-state index in [4.69, 9.17) is 16.0 Å². The van der Waals surface area contributed by atoms with Gasteiger partial charge in [-0.25, -0.2) is 4.98 Å². The number of benzene rings is 1. The van der Waals surface area contributed by atoms with E-state index in [1.54, 1.807) is 0 Å². The first-order valence-corrected chi connectivity index (χ1v) is 4.73. The summed E-state index contributed by atoms with van der Waals surface area (Å²) in [5.41, 5.74) is 2.65. The number of halogens is 2. The van der Waals surface area contributed by atoms with Crippen LogP contribution >= 0.6 is 27.5 Å². The summed E-state index contributed by atoms with van der Waals surface area (Å²) in [7, 11) is 0. The summed E-state index contributed by atoms with van der Waals surface area (Å²) in [6.45, 7) is 0. The molecule has 0 atom stereocenters. The largest absolute Gasteiger partial charge is 0.431 e. The topological polar surface area (TPSA) is 26.0 Å². The quantitative estimate of drug-likeness (QED) is 0.721. The second kappa shape index (κ2) is 3.07. The highest BCUT2D eigenvalue weighted by Crippen LogP contribution is 2.20. The van der Waals surface area contributed by atoms with Crippen molar-refractivity contribution in [3.63, 3.8) is 0 Å². The van der Waals surface area contributed by atoms with E-state index in [-0.39, 0.29) is 0 Å². The fraction of sp³-hybridized carbons (Fsp3) is 0.125. The maximum Gasteiger partial charge on any atom is 0.265 e. The van der Waals surface area contributed by atoms with Crippen LogP contribution in [0.4, 0.5) is 0 Å². The zero-order valence-electron chi connectivity index (χ0n) is 6.05. The van der Waals surface area contributed by atoms with E-state index < -0.39 is 0 Å². The van der Waals surface area contributed by atoms with Gasteiger partial charge in [0.2, 0.25) is 0 Å². The number of rotatable bonds is 1. The van der Waals surface area contributed by atoms with Crippen molar-refractivity contribution in [3.8, 4) is 0 Å². The lowest BCUT2D eigenvalue weighted by molar-refractivity contribution is 0.570. The van der Waals surface area contributed by atoms with E-state index in [0.717, 1.165) is 16.7 Å². The van der Waals surface area contributed by atoms with E-state index in [9.17, 15) is 0 Å². The molecule has 0 bridgehead atoms. The van der Waals surface area contributed by atoms with Gasteiger partial charge in [0.25, 0.3) is 4.80 Å². The van der Waals surface area contributed by atoms with Crippen LogP contribution in [0.3, 0.4) is 0 Å². The maximum atomic E-state index is 5.66. The van der Waals surface area contributed by atoms with Crippen LogP contribution in [-0.2, 0) is 5.88 Å². The number of aromatic nitrogens is 1. The second-order valence-corrected chi connectivity index (χ2v) is 3.35. The molecule has 1 aromatic carbocycles. The molecular weight excluding hydrogens is 241 g/mol. The first-order chi connectivity index (χ1) is 5.79. The van der Waals surface area contributed by atoms with Gasteiger partial charge in [0.1, 0.15) is 5.52 Å². The summed E-state index contributed by atoms with van der Waals surface area (Å²) in [5.74, 6) is 0.500. The highest BCUT2D eigenvalue weighted by molar-refractivity contribution is 9.10. The first-order valence-electron chi connectivity index (χ1n) is 3.40. The SMILES string of the molecule is ClCc1ccc2oc(Br)nc2c1. The highest BCUT2D eigenvalue weighted by Gasteiger charge is 2.02. The average molecular weight is 246 g/mol. The maximum absolute atomic E-state index is 5.66. The Morgan fingerprint density at radius 2 is 2.33 bits per heavy atom. The molecular formula is C8H5BrClNO. The summed E-state index contributed by atoms with van der Waals surface area (Å²) in [4.78, 5) is 4.62. The Bertz CT molecular complexity index is 412. The Morgan fingerprint density at radius 3 is 3.08 bits per heavy atom. The van der Waals surface area contributed by atoms with E-state index in [1.165, 1.54) is 0 Å². The Hall–Kier alpha value is -0.540. The van der Waals surface area contributed by atoms with Crippen molar-refractivity contribution in [2.24, 2.45) is 0 Å². The molecule has 0 aliphatic rings. The minimum absolute atomic E-state index is 0.500. The van der Waals surface area contributed by atoms with Crippen molar-refractivity contribution in [3.05, 3.63) is 28.6 Å². The predicted molar refractivity (Wildman–Crippen MR) is 51.3 cm³/mol. The Balaban J connectivity index is 2.66. The lowest BCUT2D eigenvalue weighted by atomic mass is 10.2. The fourth-order valence-electron chi connectivity index (χ4n) is 1.03. The lowest BCUT2D eigenvalue weighted by Crippen LogP contribution is -1.76. The minimum atomic E-state index is 0.500. The molecule has 1 heterocycles. The number of nitrogens with zero attached hydrogens (tertiary/aromatic N) is 1. The normalized spacial score (nSPS) is 10.8. The molecule has 4 heteroatoms. The number of alkyl halides is 1. The second-order valence-electron chi connectivity index (χ2n) is 2.40. The van der Waals surface area contributed by atoms with Crippen molar-refractivity contribution < 1.29 is 4.42 Å². The highest BCUT2D eigenvalue weighted by atomic mass is 79.9. The monoisotopic (exact) mass is 245 g/mol. The fourth-order valence-corrected chi connectivity index (χ4v) is 1.56. The standard InChI is InChI=1S/C8H5BrClNO/c9-8-11-6-3-5(4-10)1-2-7(6)12-8/h1-3H,4H2. The molecule has 0 saturated heterocycles. The van der Waals surface area contributed by atoms with Crippen LogP contribution in [0, 0.1) is 0 Å². The Labute approximate surface area is 82.7 Å². The molecule has 1 aromatic heterocycles. The van der Waals surface area contributed by atoms with Crippen LogP contribution in [0.25, 0.3) is 11.1 Å². The molecule has 2 aromatic rings. The molecule has 12 heavy (non-hydrogen) atoms. The third-order valence-corrected chi connectivity index (χ3v) is 2.23. The van der Waals surface area contributed by atoms with Gasteiger partial charge in [-0.2, -0.15) is 0 Å². The van der Waals surface area contributed by atoms with Crippen LogP contribution < -0.4 is 0 Å². The van der Waals surface area contributed by atoms with Crippen LogP contribution in [0.1, 0.15) is 5.56 Å². The van der Waals surface area contributed by atoms with E-state index in [1.807, 2.05) is 18.2 Å². The van der Waals surface area contributed by atoms with Crippen molar-refractivity contribution in [1.29, 1.82) is 0 Å². The lowest BCUT2D eigenvalue weighted by Gasteiger charge is -1.91. The zero-order chi connectivity index (χ0) is 8.55. The molecule has 0 amide bonds. The van der Waals surface area contributed by atoms with Gasteiger partial charge >= 0.3 is 0 Å². The molecule has 62 valence electrons. The minimum Gasteiger partial charge on any atom is -0.431 e. The Morgan fingerprint density at radius 1 is 1.50 bits per heavy atom. The smallest absolute Gasteiger partial charge is 0.265 e. The van der Waals surface area contributed by atoms with Crippen LogP contribution in [0.15, 0.2) is 27.4 Å². The Kier molecular flexibility index (Phi) is 2.07. The van der Waals surface area contributed by atoms with Crippen LogP contribution in [0.2, 0.25) is 0 Å². The number of hydrogen-bond donors (Lipinski definition) is 0. The van der Waals surface area contributed by atoms with Gasteiger partial charge in [-0.15, -0.1) is 11.6 Å². The van der Waals surface area contributed by atoms with Gasteiger partial charge in [-0.1, -0.05) is 6.07 Å². The van der Waals surface area contributed by atoms with Crippen molar-refractivity contribution in [2.45, 2.75) is 5.88 Å². The van der Waals surface area contributed by atoms with Gasteiger partial charge < -0.3 is 4.42 Å². The van der Waals surface area contributed by atoms with Gasteiger partial charge in [-0.3, -0.25) is 0 Å². The zero-order valence-corrected chi connectivity index (χ0v) is 8.39. The van der Waals surface area contributed by atoms with E-state index in [2.05, 4.69) is 20.9 Å². The summed E-state index contributed by atoms with van der Waals surface area (Å²) >= 11 is 8.82. The van der Waals surface area contributed by atoms with Gasteiger partial charge in [-0.05, 0) is 17.7 Å².